The van der Waals surface area contributed by atoms with Crippen molar-refractivity contribution in [3.8, 4) is 0 Å². The number of hydrogen-bond acceptors (Lipinski definition) is 3. The lowest BCUT2D eigenvalue weighted by molar-refractivity contribution is -0.124. The van der Waals surface area contributed by atoms with Crippen LogP contribution in [0.2, 0.25) is 0 Å². The number of carbonyl (C=O) groups is 2. The lowest BCUT2D eigenvalue weighted by Gasteiger charge is -2.33. The van der Waals surface area contributed by atoms with Crippen LogP contribution in [0.3, 0.4) is 0 Å². The number of hydrogen-bond donors (Lipinski definition) is 2. The SMILES string of the molecule is CC1CCN(C(=O)CNC(=O)CN)c2ccccc21.Cl. The van der Waals surface area contributed by atoms with E-state index >= 15 is 0 Å². The van der Waals surface area contributed by atoms with Gasteiger partial charge in [0.05, 0.1) is 13.1 Å². The molecule has 0 fully saturated rings. The first-order valence-corrected chi connectivity index (χ1v) is 6.49. The molecular formula is C14H20ClN3O2. The summed E-state index contributed by atoms with van der Waals surface area (Å²) >= 11 is 0. The van der Waals surface area contributed by atoms with E-state index in [1.165, 1.54) is 5.56 Å². The van der Waals surface area contributed by atoms with Gasteiger partial charge < -0.3 is 16.0 Å². The minimum Gasteiger partial charge on any atom is -0.346 e. The van der Waals surface area contributed by atoms with Crippen LogP contribution in [0.4, 0.5) is 5.69 Å². The Labute approximate surface area is 124 Å². The Kier molecular flexibility index (Phi) is 5.98. The molecule has 110 valence electrons. The van der Waals surface area contributed by atoms with Crippen molar-refractivity contribution in [2.24, 2.45) is 5.73 Å². The summed E-state index contributed by atoms with van der Waals surface area (Å²) in [6, 6.07) is 7.92. The van der Waals surface area contributed by atoms with Crippen molar-refractivity contribution < 1.29 is 9.59 Å². The molecule has 1 heterocycles. The predicted octanol–water partition coefficient (Wildman–Crippen LogP) is 1.02. The van der Waals surface area contributed by atoms with Crippen LogP contribution < -0.4 is 16.0 Å². The number of rotatable bonds is 3. The Morgan fingerprint density at radius 3 is 2.80 bits per heavy atom. The number of fused-ring (bicyclic) bond motifs is 1. The molecule has 1 aliphatic rings. The lowest BCUT2D eigenvalue weighted by atomic mass is 9.91. The van der Waals surface area contributed by atoms with Gasteiger partial charge in [0.15, 0.2) is 0 Å². The molecule has 0 aromatic heterocycles. The van der Waals surface area contributed by atoms with E-state index in [9.17, 15) is 9.59 Å². The van der Waals surface area contributed by atoms with E-state index in [1.807, 2.05) is 18.2 Å². The molecule has 0 spiro atoms. The molecule has 1 aliphatic heterocycles. The summed E-state index contributed by atoms with van der Waals surface area (Å²) in [7, 11) is 0. The third-order valence-corrected chi connectivity index (χ3v) is 3.47. The summed E-state index contributed by atoms with van der Waals surface area (Å²) in [5, 5.41) is 2.52. The molecular weight excluding hydrogens is 278 g/mol. The molecule has 0 radical (unpaired) electrons. The third-order valence-electron chi connectivity index (χ3n) is 3.47. The molecule has 1 aromatic rings. The second kappa shape index (κ2) is 7.26. The van der Waals surface area contributed by atoms with Gasteiger partial charge in [-0.3, -0.25) is 9.59 Å². The van der Waals surface area contributed by atoms with Crippen molar-refractivity contribution in [2.45, 2.75) is 19.3 Å². The van der Waals surface area contributed by atoms with Gasteiger partial charge in [-0.25, -0.2) is 0 Å². The van der Waals surface area contributed by atoms with Crippen LogP contribution >= 0.6 is 12.4 Å². The minimum absolute atomic E-state index is 0. The summed E-state index contributed by atoms with van der Waals surface area (Å²) in [5.41, 5.74) is 7.33. The van der Waals surface area contributed by atoms with Crippen molar-refractivity contribution in [2.75, 3.05) is 24.5 Å². The fourth-order valence-corrected chi connectivity index (χ4v) is 2.35. The molecule has 1 unspecified atom stereocenters. The van der Waals surface area contributed by atoms with Gasteiger partial charge in [0.1, 0.15) is 0 Å². The standard InChI is InChI=1S/C14H19N3O2.ClH/c1-10-6-7-17(12-5-3-2-4-11(10)12)14(19)9-16-13(18)8-15;/h2-5,10H,6-9,15H2,1H3,(H,16,18);1H. The quantitative estimate of drug-likeness (QED) is 0.875. The number of benzene rings is 1. The minimum atomic E-state index is -0.313. The maximum absolute atomic E-state index is 12.2. The zero-order valence-electron chi connectivity index (χ0n) is 11.5. The Morgan fingerprint density at radius 1 is 1.40 bits per heavy atom. The summed E-state index contributed by atoms with van der Waals surface area (Å²) in [4.78, 5) is 25.0. The largest absolute Gasteiger partial charge is 0.346 e. The first-order chi connectivity index (χ1) is 9.13. The van der Waals surface area contributed by atoms with E-state index in [0.29, 0.717) is 12.5 Å². The monoisotopic (exact) mass is 297 g/mol. The molecule has 3 N–H and O–H groups in total. The second-order valence-electron chi connectivity index (χ2n) is 4.77. The van der Waals surface area contributed by atoms with Gasteiger partial charge in [0, 0.05) is 12.2 Å². The van der Waals surface area contributed by atoms with Crippen molar-refractivity contribution in [1.29, 1.82) is 0 Å². The first-order valence-electron chi connectivity index (χ1n) is 6.49. The number of anilines is 1. The Bertz CT molecular complexity index is 493. The molecule has 0 aliphatic carbocycles. The zero-order chi connectivity index (χ0) is 13.8. The van der Waals surface area contributed by atoms with Crippen LogP contribution in [0.25, 0.3) is 0 Å². The fourth-order valence-electron chi connectivity index (χ4n) is 2.35. The van der Waals surface area contributed by atoms with Gasteiger partial charge in [-0.15, -0.1) is 12.4 Å². The highest BCUT2D eigenvalue weighted by atomic mass is 35.5. The van der Waals surface area contributed by atoms with Crippen molar-refractivity contribution >= 4 is 29.9 Å². The summed E-state index contributed by atoms with van der Waals surface area (Å²) in [6.45, 7) is 2.76. The predicted molar refractivity (Wildman–Crippen MR) is 81.1 cm³/mol. The Hall–Kier alpha value is -1.59. The summed E-state index contributed by atoms with van der Waals surface area (Å²) < 4.78 is 0. The van der Waals surface area contributed by atoms with Crippen LogP contribution in [-0.4, -0.2) is 31.4 Å². The molecule has 2 amide bonds. The molecule has 0 saturated heterocycles. The second-order valence-corrected chi connectivity index (χ2v) is 4.77. The van der Waals surface area contributed by atoms with Gasteiger partial charge in [-0.05, 0) is 24.0 Å². The fraction of sp³-hybridized carbons (Fsp3) is 0.429. The van der Waals surface area contributed by atoms with E-state index in [1.54, 1.807) is 4.90 Å². The molecule has 0 saturated carbocycles. The average Bonchev–Trinajstić information content (AvgIpc) is 2.45. The van der Waals surface area contributed by atoms with Crippen LogP contribution in [0, 0.1) is 0 Å². The maximum Gasteiger partial charge on any atom is 0.246 e. The van der Waals surface area contributed by atoms with Crippen molar-refractivity contribution in [1.82, 2.24) is 5.32 Å². The third kappa shape index (κ3) is 3.49. The normalized spacial score (nSPS) is 16.9. The van der Waals surface area contributed by atoms with Gasteiger partial charge in [-0.2, -0.15) is 0 Å². The molecule has 1 aromatic carbocycles. The average molecular weight is 298 g/mol. The number of para-hydroxylation sites is 1. The molecule has 2 rings (SSSR count). The van der Waals surface area contributed by atoms with Crippen LogP contribution in [0.5, 0.6) is 0 Å². The van der Waals surface area contributed by atoms with Gasteiger partial charge in [0.2, 0.25) is 11.8 Å². The number of nitrogens with zero attached hydrogens (tertiary/aromatic N) is 1. The van der Waals surface area contributed by atoms with E-state index in [0.717, 1.165) is 12.1 Å². The van der Waals surface area contributed by atoms with Crippen LogP contribution in [0.15, 0.2) is 24.3 Å². The number of halogens is 1. The highest BCUT2D eigenvalue weighted by Gasteiger charge is 2.25. The highest BCUT2D eigenvalue weighted by molar-refractivity contribution is 5.97. The van der Waals surface area contributed by atoms with Gasteiger partial charge in [0.25, 0.3) is 0 Å². The number of nitrogens with two attached hydrogens (primary N) is 1. The van der Waals surface area contributed by atoms with E-state index in [4.69, 9.17) is 5.73 Å². The zero-order valence-corrected chi connectivity index (χ0v) is 12.3. The maximum atomic E-state index is 12.2. The first kappa shape index (κ1) is 16.5. The molecule has 5 nitrogen and oxygen atoms in total. The Balaban J connectivity index is 0.00000200. The van der Waals surface area contributed by atoms with E-state index in [-0.39, 0.29) is 37.3 Å². The number of amides is 2. The van der Waals surface area contributed by atoms with E-state index < -0.39 is 0 Å². The lowest BCUT2D eigenvalue weighted by Crippen LogP contribution is -2.44. The number of nitrogens with one attached hydrogen (secondary N) is 1. The number of carbonyl (C=O) groups excluding carboxylic acids is 2. The van der Waals surface area contributed by atoms with Crippen LogP contribution in [-0.2, 0) is 9.59 Å². The van der Waals surface area contributed by atoms with Crippen molar-refractivity contribution in [3.63, 3.8) is 0 Å². The van der Waals surface area contributed by atoms with E-state index in [2.05, 4.69) is 18.3 Å². The van der Waals surface area contributed by atoms with Gasteiger partial charge in [-0.1, -0.05) is 25.1 Å². The van der Waals surface area contributed by atoms with Gasteiger partial charge >= 0.3 is 0 Å². The molecule has 0 bridgehead atoms. The summed E-state index contributed by atoms with van der Waals surface area (Å²) in [5.74, 6) is 0.0482. The topological polar surface area (TPSA) is 75.4 Å². The Morgan fingerprint density at radius 2 is 2.10 bits per heavy atom. The molecule has 6 heteroatoms. The summed E-state index contributed by atoms with van der Waals surface area (Å²) in [6.07, 6.45) is 0.938. The smallest absolute Gasteiger partial charge is 0.246 e. The molecule has 20 heavy (non-hydrogen) atoms. The molecule has 1 atom stereocenters. The highest BCUT2D eigenvalue weighted by Crippen LogP contribution is 2.34. The van der Waals surface area contributed by atoms with Crippen LogP contribution in [0.1, 0.15) is 24.8 Å². The van der Waals surface area contributed by atoms with Crippen molar-refractivity contribution in [3.05, 3.63) is 29.8 Å².